The largest absolute Gasteiger partial charge is 0.354 e. The monoisotopic (exact) mass is 268 g/mol. The summed E-state index contributed by atoms with van der Waals surface area (Å²) < 4.78 is 0. The highest BCUT2D eigenvalue weighted by atomic mass is 16.2. The highest BCUT2D eigenvalue weighted by Crippen LogP contribution is 2.33. The lowest BCUT2D eigenvalue weighted by Gasteiger charge is -2.19. The second-order valence-corrected chi connectivity index (χ2v) is 5.19. The standard InChI is InChI=1S/C14H12N4O2/c19-13-9-5-18(6-10(9)14(20)17-13)12-8-3-1-2-4-11(8)15-7-16-12/h1-4,7,9-10H,5-6H2,(H,17,19,20). The molecule has 2 unspecified atom stereocenters. The van der Waals surface area contributed by atoms with Crippen molar-refractivity contribution in [3.63, 3.8) is 0 Å². The molecule has 0 aliphatic carbocycles. The first-order valence-corrected chi connectivity index (χ1v) is 6.53. The number of carbonyl (C=O) groups excluding carboxylic acids is 2. The molecule has 1 aromatic heterocycles. The van der Waals surface area contributed by atoms with Gasteiger partial charge in [0.05, 0.1) is 17.4 Å². The van der Waals surface area contributed by atoms with Gasteiger partial charge in [0.15, 0.2) is 0 Å². The fourth-order valence-electron chi connectivity index (χ4n) is 3.06. The number of fused-ring (bicyclic) bond motifs is 2. The highest BCUT2D eigenvalue weighted by Gasteiger charge is 2.48. The van der Waals surface area contributed by atoms with Crippen LogP contribution in [-0.4, -0.2) is 34.9 Å². The Labute approximate surface area is 114 Å². The lowest BCUT2D eigenvalue weighted by molar-refractivity contribution is -0.126. The van der Waals surface area contributed by atoms with Crippen molar-refractivity contribution < 1.29 is 9.59 Å². The highest BCUT2D eigenvalue weighted by molar-refractivity contribution is 6.06. The molecule has 1 aromatic carbocycles. The number of para-hydroxylation sites is 1. The maximum Gasteiger partial charge on any atom is 0.232 e. The van der Waals surface area contributed by atoms with Gasteiger partial charge in [0, 0.05) is 18.5 Å². The van der Waals surface area contributed by atoms with E-state index in [0.717, 1.165) is 16.7 Å². The van der Waals surface area contributed by atoms with Crippen LogP contribution in [-0.2, 0) is 9.59 Å². The smallest absolute Gasteiger partial charge is 0.232 e. The number of rotatable bonds is 1. The van der Waals surface area contributed by atoms with E-state index in [9.17, 15) is 9.59 Å². The predicted octanol–water partition coefficient (Wildman–Crippen LogP) is 0.339. The molecule has 6 heteroatoms. The van der Waals surface area contributed by atoms with E-state index in [1.165, 1.54) is 6.33 Å². The zero-order chi connectivity index (χ0) is 13.7. The molecule has 2 saturated heterocycles. The van der Waals surface area contributed by atoms with Crippen molar-refractivity contribution in [1.29, 1.82) is 0 Å². The summed E-state index contributed by atoms with van der Waals surface area (Å²) in [5.41, 5.74) is 0.866. The van der Waals surface area contributed by atoms with Crippen molar-refractivity contribution in [2.24, 2.45) is 11.8 Å². The molecule has 2 aliphatic heterocycles. The molecular weight excluding hydrogens is 256 g/mol. The van der Waals surface area contributed by atoms with Crippen molar-refractivity contribution in [2.45, 2.75) is 0 Å². The molecule has 1 N–H and O–H groups in total. The Bertz CT molecular complexity index is 703. The van der Waals surface area contributed by atoms with Gasteiger partial charge in [-0.25, -0.2) is 9.97 Å². The van der Waals surface area contributed by atoms with E-state index < -0.39 is 0 Å². The van der Waals surface area contributed by atoms with Crippen LogP contribution >= 0.6 is 0 Å². The first-order chi connectivity index (χ1) is 9.74. The summed E-state index contributed by atoms with van der Waals surface area (Å²) in [6.45, 7) is 1.06. The minimum Gasteiger partial charge on any atom is -0.354 e. The molecule has 2 amide bonds. The Morgan fingerprint density at radius 3 is 2.50 bits per heavy atom. The molecule has 2 fully saturated rings. The number of aromatic nitrogens is 2. The van der Waals surface area contributed by atoms with Gasteiger partial charge in [-0.05, 0) is 12.1 Å². The average Bonchev–Trinajstić information content (AvgIpc) is 3.01. The van der Waals surface area contributed by atoms with Crippen LogP contribution in [0.3, 0.4) is 0 Å². The summed E-state index contributed by atoms with van der Waals surface area (Å²) in [4.78, 5) is 34.0. The van der Waals surface area contributed by atoms with Crippen LogP contribution in [0.15, 0.2) is 30.6 Å². The van der Waals surface area contributed by atoms with E-state index >= 15 is 0 Å². The SMILES string of the molecule is O=C1NC(=O)C2CN(c3ncnc4ccccc34)CC12. The number of benzene rings is 1. The molecule has 20 heavy (non-hydrogen) atoms. The number of carbonyl (C=O) groups is 2. The molecule has 6 nitrogen and oxygen atoms in total. The molecule has 0 radical (unpaired) electrons. The van der Waals surface area contributed by atoms with Crippen molar-refractivity contribution in [3.8, 4) is 0 Å². The van der Waals surface area contributed by atoms with E-state index in [2.05, 4.69) is 15.3 Å². The summed E-state index contributed by atoms with van der Waals surface area (Å²) in [6, 6.07) is 7.74. The maximum absolute atomic E-state index is 11.7. The van der Waals surface area contributed by atoms with E-state index in [1.54, 1.807) is 0 Å². The minimum atomic E-state index is -0.253. The Morgan fingerprint density at radius 1 is 1.05 bits per heavy atom. The number of nitrogens with zero attached hydrogens (tertiary/aromatic N) is 3. The van der Waals surface area contributed by atoms with Crippen LogP contribution in [0.2, 0.25) is 0 Å². The van der Waals surface area contributed by atoms with Gasteiger partial charge in [0.25, 0.3) is 0 Å². The van der Waals surface area contributed by atoms with Crippen LogP contribution in [0, 0.1) is 11.8 Å². The van der Waals surface area contributed by atoms with Crippen molar-refractivity contribution in [1.82, 2.24) is 15.3 Å². The first-order valence-electron chi connectivity index (χ1n) is 6.53. The Balaban J connectivity index is 1.75. The Kier molecular flexibility index (Phi) is 2.26. The molecule has 0 bridgehead atoms. The number of amides is 2. The van der Waals surface area contributed by atoms with Crippen LogP contribution in [0.4, 0.5) is 5.82 Å². The first kappa shape index (κ1) is 11.3. The van der Waals surface area contributed by atoms with Crippen molar-refractivity contribution >= 4 is 28.5 Å². The third-order valence-electron chi connectivity index (χ3n) is 4.06. The maximum atomic E-state index is 11.7. The number of hydrogen-bond donors (Lipinski definition) is 1. The van der Waals surface area contributed by atoms with Gasteiger partial charge in [-0.3, -0.25) is 14.9 Å². The number of imide groups is 1. The van der Waals surface area contributed by atoms with Crippen molar-refractivity contribution in [3.05, 3.63) is 30.6 Å². The van der Waals surface area contributed by atoms with Gasteiger partial charge >= 0.3 is 0 Å². The van der Waals surface area contributed by atoms with Crippen LogP contribution in [0.1, 0.15) is 0 Å². The zero-order valence-corrected chi connectivity index (χ0v) is 10.6. The molecule has 100 valence electrons. The normalized spacial score (nSPS) is 25.1. The second kappa shape index (κ2) is 4.00. The van der Waals surface area contributed by atoms with E-state index in [1.807, 2.05) is 29.2 Å². The topological polar surface area (TPSA) is 75.2 Å². The summed E-state index contributed by atoms with van der Waals surface area (Å²) in [7, 11) is 0. The minimum absolute atomic E-state index is 0.166. The van der Waals surface area contributed by atoms with Gasteiger partial charge in [-0.1, -0.05) is 12.1 Å². The molecule has 0 spiro atoms. The molecular formula is C14H12N4O2. The van der Waals surface area contributed by atoms with Crippen LogP contribution in [0.5, 0.6) is 0 Å². The molecule has 2 aliphatic rings. The summed E-state index contributed by atoms with van der Waals surface area (Å²) in [5, 5.41) is 3.34. The van der Waals surface area contributed by atoms with E-state index in [-0.39, 0.29) is 23.7 Å². The van der Waals surface area contributed by atoms with Crippen molar-refractivity contribution in [2.75, 3.05) is 18.0 Å². The summed E-state index contributed by atoms with van der Waals surface area (Å²) in [6.07, 6.45) is 1.52. The molecule has 3 heterocycles. The number of nitrogens with one attached hydrogen (secondary N) is 1. The quantitative estimate of drug-likeness (QED) is 0.755. The Morgan fingerprint density at radius 2 is 1.75 bits per heavy atom. The third kappa shape index (κ3) is 1.51. The third-order valence-corrected chi connectivity index (χ3v) is 4.06. The number of anilines is 1. The Hall–Kier alpha value is -2.50. The van der Waals surface area contributed by atoms with Gasteiger partial charge in [0.2, 0.25) is 11.8 Å². The van der Waals surface area contributed by atoms with Gasteiger partial charge < -0.3 is 4.90 Å². The summed E-state index contributed by atoms with van der Waals surface area (Å²) >= 11 is 0. The number of hydrogen-bond acceptors (Lipinski definition) is 5. The average molecular weight is 268 g/mol. The molecule has 4 rings (SSSR count). The van der Waals surface area contributed by atoms with E-state index in [0.29, 0.717) is 13.1 Å². The second-order valence-electron chi connectivity index (χ2n) is 5.19. The lowest BCUT2D eigenvalue weighted by atomic mass is 10.00. The zero-order valence-electron chi connectivity index (χ0n) is 10.6. The van der Waals surface area contributed by atoms with Crippen LogP contribution in [0.25, 0.3) is 10.9 Å². The van der Waals surface area contributed by atoms with Crippen LogP contribution < -0.4 is 10.2 Å². The van der Waals surface area contributed by atoms with Gasteiger partial charge in [-0.2, -0.15) is 0 Å². The lowest BCUT2D eigenvalue weighted by Crippen LogP contribution is -2.31. The van der Waals surface area contributed by atoms with Gasteiger partial charge in [0.1, 0.15) is 12.1 Å². The molecule has 2 aromatic rings. The summed E-state index contributed by atoms with van der Waals surface area (Å²) in [5.74, 6) is -0.0419. The fourth-order valence-corrected chi connectivity index (χ4v) is 3.06. The van der Waals surface area contributed by atoms with Gasteiger partial charge in [-0.15, -0.1) is 0 Å². The molecule has 0 saturated carbocycles. The fraction of sp³-hybridized carbons (Fsp3) is 0.286. The van der Waals surface area contributed by atoms with E-state index in [4.69, 9.17) is 0 Å². The predicted molar refractivity (Wildman–Crippen MR) is 71.9 cm³/mol. The molecule has 2 atom stereocenters.